The first-order valence-corrected chi connectivity index (χ1v) is 5.74. The molecule has 2 rings (SSSR count). The highest BCUT2D eigenvalue weighted by molar-refractivity contribution is 6.35. The summed E-state index contributed by atoms with van der Waals surface area (Å²) in [6, 6.07) is 3.97. The van der Waals surface area contributed by atoms with E-state index in [1.807, 2.05) is 46.8 Å². The van der Waals surface area contributed by atoms with Crippen LogP contribution in [0.1, 0.15) is 33.3 Å². The molecular weight excluding hydrogens is 208 g/mol. The lowest BCUT2D eigenvalue weighted by Gasteiger charge is -1.94. The Kier molecular flexibility index (Phi) is 6.80. The number of hydrogen-bond acceptors (Lipinski definition) is 1. The number of aryl methyl sites for hydroxylation is 1. The Morgan fingerprint density at radius 2 is 1.73 bits per heavy atom. The molecule has 0 spiro atoms. The highest BCUT2D eigenvalue weighted by atomic mass is 35.5. The molecule has 0 amide bonds. The minimum absolute atomic E-state index is 0.734. The van der Waals surface area contributed by atoms with Crippen LogP contribution in [0.3, 0.4) is 0 Å². The van der Waals surface area contributed by atoms with E-state index >= 15 is 0 Å². The summed E-state index contributed by atoms with van der Waals surface area (Å²) in [5, 5.41) is 8.53. The summed E-state index contributed by atoms with van der Waals surface area (Å²) < 4.78 is 0. The van der Waals surface area contributed by atoms with Gasteiger partial charge in [0.25, 0.3) is 0 Å². The molecule has 0 atom stereocenters. The standard InChI is InChI=1S/C8H7ClN2.2C2H6/c1-5-2-6-4-10-11-8(6)7(9)3-5;2*1-2/h2-4H,1H3,(H,10,11);2*1-2H3. The van der Waals surface area contributed by atoms with Crippen LogP contribution in [0.4, 0.5) is 0 Å². The molecule has 1 heterocycles. The lowest BCUT2D eigenvalue weighted by molar-refractivity contribution is 1.12. The lowest BCUT2D eigenvalue weighted by Crippen LogP contribution is -1.74. The van der Waals surface area contributed by atoms with Gasteiger partial charge in [0.15, 0.2) is 0 Å². The lowest BCUT2D eigenvalue weighted by atomic mass is 10.2. The highest BCUT2D eigenvalue weighted by Crippen LogP contribution is 2.22. The monoisotopic (exact) mass is 226 g/mol. The van der Waals surface area contributed by atoms with Crippen molar-refractivity contribution < 1.29 is 0 Å². The molecule has 2 aromatic rings. The quantitative estimate of drug-likeness (QED) is 0.700. The van der Waals surface area contributed by atoms with Crippen LogP contribution in [0.15, 0.2) is 18.3 Å². The van der Waals surface area contributed by atoms with E-state index in [-0.39, 0.29) is 0 Å². The van der Waals surface area contributed by atoms with Crippen molar-refractivity contribution in [3.8, 4) is 0 Å². The molecule has 1 aromatic carbocycles. The van der Waals surface area contributed by atoms with Crippen molar-refractivity contribution in [3.05, 3.63) is 28.9 Å². The maximum Gasteiger partial charge on any atom is 0.0836 e. The average Bonchev–Trinajstić information content (AvgIpc) is 2.72. The maximum absolute atomic E-state index is 5.93. The maximum atomic E-state index is 5.93. The van der Waals surface area contributed by atoms with Crippen LogP contribution in [0.25, 0.3) is 10.9 Å². The first kappa shape index (κ1) is 14.0. The number of benzene rings is 1. The second kappa shape index (κ2) is 7.30. The Hall–Kier alpha value is -1.02. The number of aromatic nitrogens is 2. The summed E-state index contributed by atoms with van der Waals surface area (Å²) in [5.74, 6) is 0. The zero-order valence-electron chi connectivity index (χ0n) is 10.1. The number of H-pyrrole nitrogens is 1. The molecule has 0 saturated heterocycles. The van der Waals surface area contributed by atoms with Crippen molar-refractivity contribution in [2.45, 2.75) is 34.6 Å². The Balaban J connectivity index is 0.000000442. The van der Waals surface area contributed by atoms with Gasteiger partial charge in [-0.15, -0.1) is 0 Å². The van der Waals surface area contributed by atoms with E-state index in [0.717, 1.165) is 21.5 Å². The molecular formula is C12H19ClN2. The van der Waals surface area contributed by atoms with E-state index in [4.69, 9.17) is 11.6 Å². The van der Waals surface area contributed by atoms with Crippen molar-refractivity contribution in [1.29, 1.82) is 0 Å². The second-order valence-electron chi connectivity index (χ2n) is 2.58. The van der Waals surface area contributed by atoms with Gasteiger partial charge in [-0.2, -0.15) is 5.10 Å². The molecule has 0 radical (unpaired) electrons. The van der Waals surface area contributed by atoms with Crippen molar-refractivity contribution in [2.75, 3.05) is 0 Å². The van der Waals surface area contributed by atoms with Gasteiger partial charge in [0.2, 0.25) is 0 Å². The molecule has 15 heavy (non-hydrogen) atoms. The number of halogens is 1. The summed E-state index contributed by atoms with van der Waals surface area (Å²) in [5.41, 5.74) is 2.07. The van der Waals surface area contributed by atoms with Gasteiger partial charge in [0.05, 0.1) is 16.7 Å². The molecule has 0 unspecified atom stereocenters. The Bertz CT molecular complexity index is 393. The van der Waals surface area contributed by atoms with E-state index < -0.39 is 0 Å². The van der Waals surface area contributed by atoms with Gasteiger partial charge in [0, 0.05) is 5.39 Å². The molecule has 0 aliphatic rings. The van der Waals surface area contributed by atoms with Crippen molar-refractivity contribution in [1.82, 2.24) is 10.2 Å². The number of aromatic amines is 1. The fourth-order valence-electron chi connectivity index (χ4n) is 1.16. The normalized spacial score (nSPS) is 8.67. The van der Waals surface area contributed by atoms with Gasteiger partial charge in [-0.05, 0) is 24.6 Å². The van der Waals surface area contributed by atoms with Crippen LogP contribution < -0.4 is 0 Å². The van der Waals surface area contributed by atoms with Crippen LogP contribution in [0.5, 0.6) is 0 Å². The summed E-state index contributed by atoms with van der Waals surface area (Å²) in [6.07, 6.45) is 1.77. The third kappa shape index (κ3) is 3.56. The first-order valence-electron chi connectivity index (χ1n) is 5.36. The second-order valence-corrected chi connectivity index (χ2v) is 2.99. The predicted octanol–water partition coefficient (Wildman–Crippen LogP) is 4.58. The Morgan fingerprint density at radius 1 is 1.13 bits per heavy atom. The third-order valence-electron chi connectivity index (χ3n) is 1.65. The van der Waals surface area contributed by atoms with E-state index in [0.29, 0.717) is 0 Å². The minimum Gasteiger partial charge on any atom is -0.276 e. The number of rotatable bonds is 0. The fourth-order valence-corrected chi connectivity index (χ4v) is 1.48. The van der Waals surface area contributed by atoms with Crippen molar-refractivity contribution in [2.24, 2.45) is 0 Å². The molecule has 0 aliphatic carbocycles. The molecule has 2 nitrogen and oxygen atoms in total. The summed E-state index contributed by atoms with van der Waals surface area (Å²) >= 11 is 5.93. The molecule has 0 bridgehead atoms. The van der Waals surface area contributed by atoms with Gasteiger partial charge in [-0.3, -0.25) is 5.10 Å². The van der Waals surface area contributed by atoms with Crippen molar-refractivity contribution in [3.63, 3.8) is 0 Å². The molecule has 1 N–H and O–H groups in total. The molecule has 0 saturated carbocycles. The molecule has 3 heteroatoms. The summed E-state index contributed by atoms with van der Waals surface area (Å²) in [7, 11) is 0. The third-order valence-corrected chi connectivity index (χ3v) is 1.94. The SMILES string of the molecule is CC.CC.Cc1cc(Cl)c2[nH]ncc2c1. The zero-order valence-corrected chi connectivity index (χ0v) is 10.8. The average molecular weight is 227 g/mol. The molecule has 0 fully saturated rings. The first-order chi connectivity index (χ1) is 7.27. The van der Waals surface area contributed by atoms with Crippen LogP contribution in [0, 0.1) is 6.92 Å². The fraction of sp³-hybridized carbons (Fsp3) is 0.417. The minimum atomic E-state index is 0.734. The van der Waals surface area contributed by atoms with Crippen LogP contribution >= 0.6 is 11.6 Å². The van der Waals surface area contributed by atoms with Gasteiger partial charge in [0.1, 0.15) is 0 Å². The van der Waals surface area contributed by atoms with E-state index in [1.54, 1.807) is 6.20 Å². The largest absolute Gasteiger partial charge is 0.276 e. The van der Waals surface area contributed by atoms with Crippen molar-refractivity contribution >= 4 is 22.5 Å². The summed E-state index contributed by atoms with van der Waals surface area (Å²) in [6.45, 7) is 10.0. The van der Waals surface area contributed by atoms with Gasteiger partial charge in [-0.25, -0.2) is 0 Å². The van der Waals surface area contributed by atoms with Crippen LogP contribution in [-0.4, -0.2) is 10.2 Å². The Morgan fingerprint density at radius 3 is 2.33 bits per heavy atom. The van der Waals surface area contributed by atoms with E-state index in [2.05, 4.69) is 10.2 Å². The topological polar surface area (TPSA) is 28.7 Å². The zero-order chi connectivity index (χ0) is 11.8. The highest BCUT2D eigenvalue weighted by Gasteiger charge is 2.00. The number of nitrogens with one attached hydrogen (secondary N) is 1. The summed E-state index contributed by atoms with van der Waals surface area (Å²) in [4.78, 5) is 0. The van der Waals surface area contributed by atoms with E-state index in [1.165, 1.54) is 0 Å². The van der Waals surface area contributed by atoms with Gasteiger partial charge < -0.3 is 0 Å². The van der Waals surface area contributed by atoms with Gasteiger partial charge in [-0.1, -0.05) is 39.3 Å². The van der Waals surface area contributed by atoms with Crippen LogP contribution in [-0.2, 0) is 0 Å². The number of hydrogen-bond donors (Lipinski definition) is 1. The van der Waals surface area contributed by atoms with E-state index in [9.17, 15) is 0 Å². The molecule has 1 aromatic heterocycles. The number of fused-ring (bicyclic) bond motifs is 1. The number of nitrogens with zero attached hydrogens (tertiary/aromatic N) is 1. The molecule has 0 aliphatic heterocycles. The smallest absolute Gasteiger partial charge is 0.0836 e. The molecule has 84 valence electrons. The van der Waals surface area contributed by atoms with Gasteiger partial charge >= 0.3 is 0 Å². The Labute approximate surface area is 96.6 Å². The predicted molar refractivity (Wildman–Crippen MR) is 68.5 cm³/mol. The van der Waals surface area contributed by atoms with Crippen LogP contribution in [0.2, 0.25) is 5.02 Å².